The number of sulfonamides is 1. The molecule has 0 unspecified atom stereocenters. The minimum atomic E-state index is -3.26. The van der Waals surface area contributed by atoms with E-state index in [1.165, 1.54) is 12.1 Å². The van der Waals surface area contributed by atoms with Crippen LogP contribution < -0.4 is 9.62 Å². The SMILES string of the molecule is CCS(=O)(=O)NC[C@@H](c1cccnc1)N1CCN(c2ccc(F)cc2)CC1. The van der Waals surface area contributed by atoms with Crippen molar-refractivity contribution in [1.82, 2.24) is 14.6 Å². The number of nitrogens with one attached hydrogen (secondary N) is 1. The summed E-state index contributed by atoms with van der Waals surface area (Å²) in [4.78, 5) is 8.67. The third-order valence-corrected chi connectivity index (χ3v) is 6.26. The molecular weight excluding hydrogens is 367 g/mol. The first-order valence-electron chi connectivity index (χ1n) is 9.10. The maximum Gasteiger partial charge on any atom is 0.211 e. The van der Waals surface area contributed by atoms with E-state index in [9.17, 15) is 12.8 Å². The summed E-state index contributed by atoms with van der Waals surface area (Å²) >= 11 is 0. The molecular formula is C19H25FN4O2S. The van der Waals surface area contributed by atoms with Gasteiger partial charge in [-0.05, 0) is 42.8 Å². The van der Waals surface area contributed by atoms with Crippen molar-refractivity contribution in [3.8, 4) is 0 Å². The Balaban J connectivity index is 1.69. The first-order valence-corrected chi connectivity index (χ1v) is 10.8. The molecule has 0 amide bonds. The molecule has 1 aromatic carbocycles. The average Bonchev–Trinajstić information content (AvgIpc) is 2.70. The van der Waals surface area contributed by atoms with E-state index >= 15 is 0 Å². The first kappa shape index (κ1) is 19.7. The first-order chi connectivity index (χ1) is 13.0. The molecule has 1 aromatic heterocycles. The van der Waals surface area contributed by atoms with Crippen LogP contribution >= 0.6 is 0 Å². The minimum absolute atomic E-state index is 0.0606. The lowest BCUT2D eigenvalue weighted by Gasteiger charge is -2.40. The normalized spacial score (nSPS) is 17.0. The van der Waals surface area contributed by atoms with E-state index in [-0.39, 0.29) is 17.6 Å². The molecule has 2 heterocycles. The molecule has 1 aliphatic heterocycles. The van der Waals surface area contributed by atoms with Crippen LogP contribution in [0.3, 0.4) is 0 Å². The second-order valence-electron chi connectivity index (χ2n) is 6.55. The predicted octanol–water partition coefficient (Wildman–Crippen LogP) is 2.02. The maximum absolute atomic E-state index is 13.1. The van der Waals surface area contributed by atoms with Crippen LogP contribution in [0.1, 0.15) is 18.5 Å². The zero-order valence-electron chi connectivity index (χ0n) is 15.4. The molecule has 1 atom stereocenters. The van der Waals surface area contributed by atoms with Crippen molar-refractivity contribution in [1.29, 1.82) is 0 Å². The largest absolute Gasteiger partial charge is 0.369 e. The van der Waals surface area contributed by atoms with Gasteiger partial charge in [-0.3, -0.25) is 9.88 Å². The molecule has 0 spiro atoms. The summed E-state index contributed by atoms with van der Waals surface area (Å²) in [5.41, 5.74) is 1.99. The van der Waals surface area contributed by atoms with Gasteiger partial charge in [0.2, 0.25) is 10.0 Å². The van der Waals surface area contributed by atoms with Crippen LogP contribution in [-0.4, -0.2) is 56.8 Å². The smallest absolute Gasteiger partial charge is 0.211 e. The topological polar surface area (TPSA) is 65.5 Å². The highest BCUT2D eigenvalue weighted by Crippen LogP contribution is 2.24. The number of aromatic nitrogens is 1. The maximum atomic E-state index is 13.1. The number of anilines is 1. The molecule has 2 aromatic rings. The lowest BCUT2D eigenvalue weighted by molar-refractivity contribution is 0.186. The molecule has 1 aliphatic rings. The number of nitrogens with zero attached hydrogens (tertiary/aromatic N) is 3. The monoisotopic (exact) mass is 392 g/mol. The summed E-state index contributed by atoms with van der Waals surface area (Å²) in [5, 5.41) is 0. The highest BCUT2D eigenvalue weighted by atomic mass is 32.2. The van der Waals surface area contributed by atoms with Crippen LogP contribution in [0.5, 0.6) is 0 Å². The molecule has 6 nitrogen and oxygen atoms in total. The summed E-state index contributed by atoms with van der Waals surface area (Å²) in [6.07, 6.45) is 3.50. The van der Waals surface area contributed by atoms with E-state index in [1.807, 2.05) is 12.1 Å². The summed E-state index contributed by atoms with van der Waals surface area (Å²) in [5.74, 6) is -0.178. The van der Waals surface area contributed by atoms with Crippen LogP contribution in [0.15, 0.2) is 48.8 Å². The standard InChI is InChI=1S/C19H25FN4O2S/c1-2-27(25,26)22-15-19(16-4-3-9-21-14-16)24-12-10-23(11-13-24)18-7-5-17(20)6-8-18/h3-9,14,19,22H,2,10-13,15H2,1H3/t19-/m0/s1. The lowest BCUT2D eigenvalue weighted by atomic mass is 10.1. The van der Waals surface area contributed by atoms with Crippen LogP contribution in [-0.2, 0) is 10.0 Å². The zero-order chi connectivity index (χ0) is 19.3. The van der Waals surface area contributed by atoms with E-state index < -0.39 is 10.0 Å². The van der Waals surface area contributed by atoms with Crippen molar-refractivity contribution >= 4 is 15.7 Å². The Morgan fingerprint density at radius 2 is 1.85 bits per heavy atom. The van der Waals surface area contributed by atoms with Crippen molar-refractivity contribution in [2.75, 3.05) is 43.4 Å². The van der Waals surface area contributed by atoms with Gasteiger partial charge in [-0.15, -0.1) is 0 Å². The van der Waals surface area contributed by atoms with Gasteiger partial charge in [0.25, 0.3) is 0 Å². The molecule has 0 bridgehead atoms. The van der Waals surface area contributed by atoms with E-state index in [0.29, 0.717) is 6.54 Å². The van der Waals surface area contributed by atoms with Gasteiger partial charge in [0.15, 0.2) is 0 Å². The van der Waals surface area contributed by atoms with E-state index in [4.69, 9.17) is 0 Å². The fourth-order valence-corrected chi connectivity index (χ4v) is 3.90. The Morgan fingerprint density at radius 3 is 2.44 bits per heavy atom. The number of halogens is 1. The highest BCUT2D eigenvalue weighted by Gasteiger charge is 2.26. The average molecular weight is 393 g/mol. The highest BCUT2D eigenvalue weighted by molar-refractivity contribution is 7.89. The molecule has 1 N–H and O–H groups in total. The molecule has 27 heavy (non-hydrogen) atoms. The number of rotatable bonds is 7. The van der Waals surface area contributed by atoms with Gasteiger partial charge in [0, 0.05) is 56.8 Å². The number of piperazine rings is 1. The van der Waals surface area contributed by atoms with E-state index in [2.05, 4.69) is 19.5 Å². The second kappa shape index (κ2) is 8.77. The Labute approximate surface area is 160 Å². The number of pyridine rings is 1. The summed E-state index contributed by atoms with van der Waals surface area (Å²) in [6, 6.07) is 10.3. The quantitative estimate of drug-likeness (QED) is 0.781. The molecule has 1 fully saturated rings. The van der Waals surface area contributed by atoms with Crippen LogP contribution in [0.25, 0.3) is 0 Å². The van der Waals surface area contributed by atoms with E-state index in [0.717, 1.165) is 37.4 Å². The molecule has 8 heteroatoms. The van der Waals surface area contributed by atoms with Gasteiger partial charge < -0.3 is 4.90 Å². The number of hydrogen-bond acceptors (Lipinski definition) is 5. The fraction of sp³-hybridized carbons (Fsp3) is 0.421. The van der Waals surface area contributed by atoms with Crippen molar-refractivity contribution < 1.29 is 12.8 Å². The van der Waals surface area contributed by atoms with Gasteiger partial charge in [-0.25, -0.2) is 17.5 Å². The second-order valence-corrected chi connectivity index (χ2v) is 8.65. The van der Waals surface area contributed by atoms with Crippen LogP contribution in [0, 0.1) is 5.82 Å². The third kappa shape index (κ3) is 5.24. The number of hydrogen-bond donors (Lipinski definition) is 1. The molecule has 1 saturated heterocycles. The zero-order valence-corrected chi connectivity index (χ0v) is 16.2. The summed E-state index contributed by atoms with van der Waals surface area (Å²) < 4.78 is 39.6. The molecule has 3 rings (SSSR count). The van der Waals surface area contributed by atoms with Gasteiger partial charge >= 0.3 is 0 Å². The summed E-state index contributed by atoms with van der Waals surface area (Å²) in [7, 11) is -3.26. The van der Waals surface area contributed by atoms with Crippen molar-refractivity contribution in [3.05, 3.63) is 60.2 Å². The summed E-state index contributed by atoms with van der Waals surface area (Å²) in [6.45, 7) is 5.10. The Kier molecular flexibility index (Phi) is 6.41. The van der Waals surface area contributed by atoms with Crippen LogP contribution in [0.4, 0.5) is 10.1 Å². The van der Waals surface area contributed by atoms with Crippen molar-refractivity contribution in [2.24, 2.45) is 0 Å². The Bertz CT molecular complexity index is 823. The van der Waals surface area contributed by atoms with Gasteiger partial charge in [-0.2, -0.15) is 0 Å². The molecule has 0 saturated carbocycles. The molecule has 0 aliphatic carbocycles. The lowest BCUT2D eigenvalue weighted by Crippen LogP contribution is -2.50. The fourth-order valence-electron chi connectivity index (χ4n) is 3.28. The van der Waals surface area contributed by atoms with Gasteiger partial charge in [-0.1, -0.05) is 6.07 Å². The number of benzene rings is 1. The Morgan fingerprint density at radius 1 is 1.15 bits per heavy atom. The molecule has 146 valence electrons. The van der Waals surface area contributed by atoms with E-state index in [1.54, 1.807) is 31.5 Å². The van der Waals surface area contributed by atoms with Crippen molar-refractivity contribution in [2.45, 2.75) is 13.0 Å². The van der Waals surface area contributed by atoms with Gasteiger partial charge in [0.1, 0.15) is 5.82 Å². The van der Waals surface area contributed by atoms with Crippen LogP contribution in [0.2, 0.25) is 0 Å². The predicted molar refractivity (Wildman–Crippen MR) is 105 cm³/mol. The van der Waals surface area contributed by atoms with Crippen molar-refractivity contribution in [3.63, 3.8) is 0 Å². The molecule has 0 radical (unpaired) electrons. The Hall–Kier alpha value is -2.03. The minimum Gasteiger partial charge on any atom is -0.369 e. The van der Waals surface area contributed by atoms with Gasteiger partial charge in [0.05, 0.1) is 5.75 Å². The third-order valence-electron chi connectivity index (χ3n) is 4.89.